The van der Waals surface area contributed by atoms with Crippen molar-refractivity contribution in [2.75, 3.05) is 11.9 Å². The molecule has 0 aliphatic rings. The van der Waals surface area contributed by atoms with Crippen LogP contribution in [0.1, 0.15) is 23.5 Å². The van der Waals surface area contributed by atoms with E-state index >= 15 is 0 Å². The van der Waals surface area contributed by atoms with E-state index in [0.29, 0.717) is 17.4 Å². The van der Waals surface area contributed by atoms with E-state index in [4.69, 9.17) is 4.74 Å². The molecule has 20 heavy (non-hydrogen) atoms. The summed E-state index contributed by atoms with van der Waals surface area (Å²) < 4.78 is 6.46. The highest BCUT2D eigenvalue weighted by atomic mass is 79.9. The van der Waals surface area contributed by atoms with Crippen LogP contribution in [0.5, 0.6) is 5.75 Å². The summed E-state index contributed by atoms with van der Waals surface area (Å²) in [6.07, 6.45) is 0. The van der Waals surface area contributed by atoms with Gasteiger partial charge in [0.1, 0.15) is 10.6 Å². The molecule has 0 bridgehead atoms. The summed E-state index contributed by atoms with van der Waals surface area (Å²) in [4.78, 5) is 12.8. The Morgan fingerprint density at radius 2 is 2.20 bits per heavy atom. The van der Waals surface area contributed by atoms with Crippen LogP contribution in [-0.2, 0) is 0 Å². The molecule has 0 radical (unpaired) electrons. The molecule has 5 heteroatoms. The van der Waals surface area contributed by atoms with Gasteiger partial charge in [0.05, 0.1) is 6.61 Å². The van der Waals surface area contributed by atoms with Crippen LogP contribution in [0.15, 0.2) is 40.2 Å². The Balaban J connectivity index is 2.04. The number of carbonyl (C=O) groups is 1. The van der Waals surface area contributed by atoms with E-state index in [9.17, 15) is 4.79 Å². The van der Waals surface area contributed by atoms with Gasteiger partial charge in [-0.3, -0.25) is 4.79 Å². The number of ether oxygens (including phenoxy) is 1. The molecule has 1 aromatic carbocycles. The molecule has 106 valence electrons. The van der Waals surface area contributed by atoms with E-state index in [-0.39, 0.29) is 5.91 Å². The van der Waals surface area contributed by atoms with E-state index in [0.717, 1.165) is 15.9 Å². The molecule has 0 fully saturated rings. The topological polar surface area (TPSA) is 38.3 Å². The average molecular weight is 354 g/mol. The second-order valence-electron chi connectivity index (χ2n) is 4.78. The predicted molar refractivity (Wildman–Crippen MR) is 86.7 cm³/mol. The summed E-state index contributed by atoms with van der Waals surface area (Å²) in [7, 11) is 0. The molecular weight excluding hydrogens is 338 g/mol. The van der Waals surface area contributed by atoms with Crippen LogP contribution in [0.2, 0.25) is 0 Å². The van der Waals surface area contributed by atoms with Crippen molar-refractivity contribution in [1.82, 2.24) is 0 Å². The Labute approximate surface area is 131 Å². The highest BCUT2D eigenvalue weighted by Crippen LogP contribution is 2.24. The summed E-state index contributed by atoms with van der Waals surface area (Å²) in [6.45, 7) is 4.85. The van der Waals surface area contributed by atoms with E-state index in [1.54, 1.807) is 0 Å². The Bertz CT molecular complexity index is 595. The van der Waals surface area contributed by atoms with Crippen molar-refractivity contribution < 1.29 is 9.53 Å². The number of thiophene rings is 1. The van der Waals surface area contributed by atoms with Gasteiger partial charge in [-0.1, -0.05) is 19.9 Å². The number of halogens is 1. The molecule has 0 unspecified atom stereocenters. The molecule has 0 atom stereocenters. The second kappa shape index (κ2) is 6.90. The van der Waals surface area contributed by atoms with Crippen LogP contribution in [-0.4, -0.2) is 12.5 Å². The van der Waals surface area contributed by atoms with Gasteiger partial charge in [0.2, 0.25) is 0 Å². The molecule has 0 aliphatic carbocycles. The number of hydrogen-bond acceptors (Lipinski definition) is 3. The number of anilines is 1. The summed E-state index contributed by atoms with van der Waals surface area (Å²) in [5.41, 5.74) is 0.733. The Morgan fingerprint density at radius 3 is 2.85 bits per heavy atom. The van der Waals surface area contributed by atoms with Gasteiger partial charge in [-0.05, 0) is 45.4 Å². The van der Waals surface area contributed by atoms with Crippen molar-refractivity contribution >= 4 is 38.9 Å². The first kappa shape index (κ1) is 15.1. The summed E-state index contributed by atoms with van der Waals surface area (Å²) in [5.74, 6) is 1.12. The van der Waals surface area contributed by atoms with Gasteiger partial charge in [0.25, 0.3) is 5.91 Å². The van der Waals surface area contributed by atoms with Crippen molar-refractivity contribution in [3.05, 3.63) is 45.1 Å². The molecule has 1 aromatic heterocycles. The average Bonchev–Trinajstić information content (AvgIpc) is 2.83. The number of hydrogen-bond donors (Lipinski definition) is 1. The van der Waals surface area contributed by atoms with Gasteiger partial charge >= 0.3 is 0 Å². The van der Waals surface area contributed by atoms with Gasteiger partial charge in [0, 0.05) is 16.2 Å². The maximum absolute atomic E-state index is 12.1. The second-order valence-corrected chi connectivity index (χ2v) is 6.55. The molecule has 2 rings (SSSR count). The third kappa shape index (κ3) is 4.08. The van der Waals surface area contributed by atoms with Gasteiger partial charge in [-0.15, -0.1) is 11.3 Å². The largest absolute Gasteiger partial charge is 0.493 e. The maximum Gasteiger partial charge on any atom is 0.266 e. The van der Waals surface area contributed by atoms with Crippen LogP contribution in [0.4, 0.5) is 5.69 Å². The number of amides is 1. The van der Waals surface area contributed by atoms with Crippen molar-refractivity contribution in [2.45, 2.75) is 13.8 Å². The first-order chi connectivity index (χ1) is 9.56. The molecule has 0 spiro atoms. The highest BCUT2D eigenvalue weighted by molar-refractivity contribution is 9.10. The van der Waals surface area contributed by atoms with Crippen LogP contribution >= 0.6 is 27.3 Å². The molecule has 1 N–H and O–H groups in total. The van der Waals surface area contributed by atoms with Gasteiger partial charge in [-0.25, -0.2) is 0 Å². The molecule has 0 aliphatic heterocycles. The lowest BCUT2D eigenvalue weighted by atomic mass is 10.2. The summed E-state index contributed by atoms with van der Waals surface area (Å²) in [6, 6.07) is 9.30. The summed E-state index contributed by atoms with van der Waals surface area (Å²) >= 11 is 4.77. The van der Waals surface area contributed by atoms with E-state index in [2.05, 4.69) is 35.1 Å². The fourth-order valence-electron chi connectivity index (χ4n) is 1.57. The van der Waals surface area contributed by atoms with Crippen molar-refractivity contribution in [2.24, 2.45) is 5.92 Å². The van der Waals surface area contributed by atoms with E-state index < -0.39 is 0 Å². The lowest BCUT2D eigenvalue weighted by molar-refractivity contribution is 0.103. The molecule has 1 heterocycles. The third-order valence-corrected chi connectivity index (χ3v) is 4.34. The number of carbonyl (C=O) groups excluding carboxylic acids is 1. The monoisotopic (exact) mass is 353 g/mol. The van der Waals surface area contributed by atoms with E-state index in [1.807, 2.05) is 35.7 Å². The SMILES string of the molecule is CC(C)COc1cccc(NC(=O)c2sccc2Br)c1. The zero-order valence-electron chi connectivity index (χ0n) is 11.4. The normalized spacial score (nSPS) is 10.6. The minimum Gasteiger partial charge on any atom is -0.493 e. The van der Waals surface area contributed by atoms with Crippen molar-refractivity contribution in [1.29, 1.82) is 0 Å². The Kier molecular flexibility index (Phi) is 5.20. The van der Waals surface area contributed by atoms with Crippen LogP contribution in [0.25, 0.3) is 0 Å². The molecule has 0 saturated heterocycles. The maximum atomic E-state index is 12.1. The van der Waals surface area contributed by atoms with Crippen molar-refractivity contribution in [3.8, 4) is 5.75 Å². The Morgan fingerprint density at radius 1 is 1.40 bits per heavy atom. The van der Waals surface area contributed by atoms with Crippen LogP contribution in [0.3, 0.4) is 0 Å². The van der Waals surface area contributed by atoms with Gasteiger partial charge in [-0.2, -0.15) is 0 Å². The number of rotatable bonds is 5. The molecular formula is C15H16BrNO2S. The van der Waals surface area contributed by atoms with Crippen molar-refractivity contribution in [3.63, 3.8) is 0 Å². The van der Waals surface area contributed by atoms with Crippen LogP contribution < -0.4 is 10.1 Å². The third-order valence-electron chi connectivity index (χ3n) is 2.50. The lowest BCUT2D eigenvalue weighted by Crippen LogP contribution is -2.11. The summed E-state index contributed by atoms with van der Waals surface area (Å²) in [5, 5.41) is 4.75. The lowest BCUT2D eigenvalue weighted by Gasteiger charge is -2.10. The zero-order chi connectivity index (χ0) is 14.5. The molecule has 3 nitrogen and oxygen atoms in total. The Hall–Kier alpha value is -1.33. The minimum absolute atomic E-state index is 0.118. The number of benzene rings is 1. The highest BCUT2D eigenvalue weighted by Gasteiger charge is 2.11. The molecule has 0 saturated carbocycles. The zero-order valence-corrected chi connectivity index (χ0v) is 13.8. The first-order valence-electron chi connectivity index (χ1n) is 6.33. The van der Waals surface area contributed by atoms with Gasteiger partial charge in [0.15, 0.2) is 0 Å². The predicted octanol–water partition coefficient (Wildman–Crippen LogP) is 4.80. The van der Waals surface area contributed by atoms with Crippen LogP contribution in [0, 0.1) is 5.92 Å². The first-order valence-corrected chi connectivity index (χ1v) is 8.00. The molecule has 1 amide bonds. The standard InChI is InChI=1S/C15H16BrNO2S/c1-10(2)9-19-12-5-3-4-11(8-12)17-15(18)14-13(16)6-7-20-14/h3-8,10H,9H2,1-2H3,(H,17,18). The number of nitrogens with one attached hydrogen (secondary N) is 1. The van der Waals surface area contributed by atoms with E-state index in [1.165, 1.54) is 11.3 Å². The minimum atomic E-state index is -0.118. The molecule has 2 aromatic rings. The fourth-order valence-corrected chi connectivity index (χ4v) is 3.02. The van der Waals surface area contributed by atoms with Gasteiger partial charge < -0.3 is 10.1 Å². The fraction of sp³-hybridized carbons (Fsp3) is 0.267. The quantitative estimate of drug-likeness (QED) is 0.838. The smallest absolute Gasteiger partial charge is 0.266 e.